The van der Waals surface area contributed by atoms with E-state index in [1.807, 2.05) is 24.9 Å². The van der Waals surface area contributed by atoms with Crippen molar-refractivity contribution in [1.82, 2.24) is 30.4 Å². The number of Topliss-reactive ketones (excluding diaryl/α,β-unsaturated/α-hetero) is 1. The summed E-state index contributed by atoms with van der Waals surface area (Å²) in [6.45, 7) is 2.26. The zero-order chi connectivity index (χ0) is 16.8. The summed E-state index contributed by atoms with van der Waals surface area (Å²) in [6, 6.07) is 3.70. The highest BCUT2D eigenvalue weighted by atomic mass is 16.1. The first kappa shape index (κ1) is 14.4. The van der Waals surface area contributed by atoms with Crippen molar-refractivity contribution in [3.63, 3.8) is 0 Å². The first-order valence-electron chi connectivity index (χ1n) is 7.49. The maximum Gasteiger partial charge on any atom is 0.249 e. The van der Waals surface area contributed by atoms with Crippen LogP contribution in [0, 0.1) is 0 Å². The number of nitrogen functional groups attached to an aromatic ring is 1. The summed E-state index contributed by atoms with van der Waals surface area (Å²) >= 11 is 0. The number of nitrogens with one attached hydrogen (secondary N) is 1. The van der Waals surface area contributed by atoms with E-state index in [4.69, 9.17) is 5.73 Å². The van der Waals surface area contributed by atoms with Crippen LogP contribution in [0.5, 0.6) is 0 Å². The molecule has 0 unspecified atom stereocenters. The molecule has 4 rings (SSSR count). The Bertz CT molecular complexity index is 982. The number of hydrogen-bond acceptors (Lipinski definition) is 7. The van der Waals surface area contributed by atoms with E-state index in [1.165, 1.54) is 0 Å². The van der Waals surface area contributed by atoms with Crippen LogP contribution in [0.1, 0.15) is 12.5 Å². The average molecular weight is 324 g/mol. The van der Waals surface area contributed by atoms with Crippen molar-refractivity contribution in [1.29, 1.82) is 0 Å². The van der Waals surface area contributed by atoms with Crippen molar-refractivity contribution in [2.75, 3.05) is 17.7 Å². The zero-order valence-electron chi connectivity index (χ0n) is 13.3. The zero-order valence-corrected chi connectivity index (χ0v) is 13.3. The smallest absolute Gasteiger partial charge is 0.249 e. The number of nitrogens with zero attached hydrogens (tertiary/aromatic N) is 6. The summed E-state index contributed by atoms with van der Waals surface area (Å²) in [6.07, 6.45) is 1.94. The fourth-order valence-corrected chi connectivity index (χ4v) is 2.94. The van der Waals surface area contributed by atoms with Gasteiger partial charge < -0.3 is 10.6 Å². The van der Waals surface area contributed by atoms with Crippen LogP contribution in [0.4, 0.5) is 11.6 Å². The minimum absolute atomic E-state index is 0.00930. The number of H-pyrrole nitrogens is 1. The summed E-state index contributed by atoms with van der Waals surface area (Å²) < 4.78 is 1.61. The van der Waals surface area contributed by atoms with Crippen molar-refractivity contribution < 1.29 is 4.79 Å². The topological polar surface area (TPSA) is 119 Å². The lowest BCUT2D eigenvalue weighted by atomic mass is 9.98. The van der Waals surface area contributed by atoms with Crippen molar-refractivity contribution in [3.8, 4) is 0 Å². The van der Waals surface area contributed by atoms with Crippen LogP contribution in [-0.4, -0.2) is 43.2 Å². The number of anilines is 2. The Morgan fingerprint density at radius 1 is 1.42 bits per heavy atom. The van der Waals surface area contributed by atoms with Gasteiger partial charge in [0.15, 0.2) is 5.78 Å². The molecule has 0 amide bonds. The molecule has 2 aromatic heterocycles. The van der Waals surface area contributed by atoms with E-state index in [0.29, 0.717) is 23.8 Å². The minimum atomic E-state index is 0.00930. The van der Waals surface area contributed by atoms with Gasteiger partial charge in [-0.1, -0.05) is 5.10 Å². The molecule has 0 saturated carbocycles. The quantitative estimate of drug-likeness (QED) is 0.679. The van der Waals surface area contributed by atoms with Crippen molar-refractivity contribution in [3.05, 3.63) is 35.2 Å². The van der Waals surface area contributed by atoms with E-state index in [-0.39, 0.29) is 12.2 Å². The first-order valence-corrected chi connectivity index (χ1v) is 7.49. The first-order chi connectivity index (χ1) is 11.5. The van der Waals surface area contributed by atoms with Crippen LogP contribution in [0.15, 0.2) is 29.6 Å². The highest BCUT2D eigenvalue weighted by Gasteiger charge is 2.26. The molecular formula is C15H16N8O. The number of carbonyl (C=O) groups is 1. The molecule has 0 fully saturated rings. The molecule has 122 valence electrons. The molecule has 1 aliphatic rings. The number of aromatic nitrogens is 6. The van der Waals surface area contributed by atoms with Gasteiger partial charge in [-0.25, -0.2) is 4.68 Å². The molecule has 0 radical (unpaired) electrons. The Balaban J connectivity index is 1.66. The largest absolute Gasteiger partial charge is 0.398 e. The summed E-state index contributed by atoms with van der Waals surface area (Å²) in [5.41, 5.74) is 9.84. The molecule has 0 spiro atoms. The van der Waals surface area contributed by atoms with E-state index >= 15 is 0 Å². The van der Waals surface area contributed by atoms with Gasteiger partial charge in [0.05, 0.1) is 18.3 Å². The molecule has 0 aliphatic carbocycles. The molecule has 0 saturated heterocycles. The second-order valence-corrected chi connectivity index (χ2v) is 5.87. The van der Waals surface area contributed by atoms with E-state index in [2.05, 4.69) is 25.7 Å². The van der Waals surface area contributed by atoms with Gasteiger partial charge >= 0.3 is 0 Å². The second-order valence-electron chi connectivity index (χ2n) is 5.87. The number of nitrogens with two attached hydrogens (primary N) is 1. The van der Waals surface area contributed by atoms with Crippen LogP contribution in [-0.2, 0) is 17.8 Å². The predicted molar refractivity (Wildman–Crippen MR) is 88.1 cm³/mol. The number of ketones is 1. The van der Waals surface area contributed by atoms with Gasteiger partial charge in [0.1, 0.15) is 0 Å². The number of benzene rings is 1. The molecule has 0 bridgehead atoms. The number of aromatic amines is 1. The van der Waals surface area contributed by atoms with E-state index < -0.39 is 0 Å². The molecule has 1 aliphatic heterocycles. The number of rotatable bonds is 3. The second kappa shape index (κ2) is 5.15. The highest BCUT2D eigenvalue weighted by molar-refractivity contribution is 5.99. The van der Waals surface area contributed by atoms with Gasteiger partial charge in [-0.05, 0) is 35.0 Å². The average Bonchev–Trinajstić information content (AvgIpc) is 3.19. The van der Waals surface area contributed by atoms with E-state index in [1.54, 1.807) is 16.9 Å². The summed E-state index contributed by atoms with van der Waals surface area (Å²) in [5, 5.41) is 19.3. The monoisotopic (exact) mass is 324 g/mol. The van der Waals surface area contributed by atoms with Crippen molar-refractivity contribution in [2.45, 2.75) is 19.9 Å². The number of hydrogen-bond donors (Lipinski definition) is 2. The summed E-state index contributed by atoms with van der Waals surface area (Å²) in [4.78, 5) is 14.7. The van der Waals surface area contributed by atoms with Gasteiger partial charge in [0.25, 0.3) is 0 Å². The molecule has 1 aromatic carbocycles. The van der Waals surface area contributed by atoms with Crippen LogP contribution >= 0.6 is 0 Å². The van der Waals surface area contributed by atoms with Crippen LogP contribution in [0.25, 0.3) is 10.9 Å². The number of allylic oxidation sites excluding steroid dienone is 2. The Morgan fingerprint density at radius 2 is 2.25 bits per heavy atom. The Hall–Kier alpha value is -3.23. The predicted octanol–water partition coefficient (Wildman–Crippen LogP) is 0.667. The third-order valence-electron chi connectivity index (χ3n) is 4.45. The normalized spacial score (nSPS) is 14.3. The van der Waals surface area contributed by atoms with Gasteiger partial charge in [-0.2, -0.15) is 5.10 Å². The van der Waals surface area contributed by atoms with Crippen LogP contribution < -0.4 is 10.6 Å². The van der Waals surface area contributed by atoms with Gasteiger partial charge in [-0.15, -0.1) is 0 Å². The molecule has 3 aromatic rings. The third kappa shape index (κ3) is 2.13. The van der Waals surface area contributed by atoms with Gasteiger partial charge in [0.2, 0.25) is 5.95 Å². The van der Waals surface area contributed by atoms with Crippen LogP contribution in [0.3, 0.4) is 0 Å². The summed E-state index contributed by atoms with van der Waals surface area (Å²) in [5.74, 6) is 0.637. The molecular weight excluding hydrogens is 308 g/mol. The standard InChI is InChI=1S/C15H16N8O/c1-8-11(7-23-15(22(8)2)19-20-21-23)14(24)4-9-3-10-6-17-18-13(10)5-12(9)16/h3,5-6H,4,7,16H2,1-2H3,(H,17,18). The van der Waals surface area contributed by atoms with Crippen molar-refractivity contribution >= 4 is 28.3 Å². The van der Waals surface area contributed by atoms with Crippen molar-refractivity contribution in [2.24, 2.45) is 0 Å². The Labute approximate surface area is 137 Å². The van der Waals surface area contributed by atoms with E-state index in [9.17, 15) is 4.79 Å². The Morgan fingerprint density at radius 3 is 3.08 bits per heavy atom. The third-order valence-corrected chi connectivity index (χ3v) is 4.45. The molecule has 3 N–H and O–H groups in total. The lowest BCUT2D eigenvalue weighted by Gasteiger charge is -2.26. The fraction of sp³-hybridized carbons (Fsp3) is 0.267. The number of carbonyl (C=O) groups excluding carboxylic acids is 1. The van der Waals surface area contributed by atoms with Gasteiger partial charge in [-0.3, -0.25) is 9.89 Å². The van der Waals surface area contributed by atoms with Gasteiger partial charge in [0, 0.05) is 35.8 Å². The molecule has 3 heterocycles. The number of tetrazole rings is 1. The molecule has 24 heavy (non-hydrogen) atoms. The Kier molecular flexibility index (Phi) is 3.08. The minimum Gasteiger partial charge on any atom is -0.398 e. The van der Waals surface area contributed by atoms with Crippen LogP contribution in [0.2, 0.25) is 0 Å². The summed E-state index contributed by atoms with van der Waals surface area (Å²) in [7, 11) is 1.84. The highest BCUT2D eigenvalue weighted by Crippen LogP contribution is 2.26. The molecule has 9 heteroatoms. The lowest BCUT2D eigenvalue weighted by molar-refractivity contribution is -0.115. The fourth-order valence-electron chi connectivity index (χ4n) is 2.94. The number of fused-ring (bicyclic) bond motifs is 2. The van der Waals surface area contributed by atoms with E-state index in [0.717, 1.165) is 22.2 Å². The maximum atomic E-state index is 12.8. The lowest BCUT2D eigenvalue weighted by Crippen LogP contribution is -2.30. The molecule has 0 atom stereocenters. The molecule has 9 nitrogen and oxygen atoms in total. The maximum absolute atomic E-state index is 12.8. The SMILES string of the molecule is CC1=C(C(=O)Cc2cc3cn[nH]c3cc2N)Cn2nnnc2N1C.